The van der Waals surface area contributed by atoms with E-state index < -0.39 is 0 Å². The van der Waals surface area contributed by atoms with Crippen molar-refractivity contribution in [3.63, 3.8) is 0 Å². The lowest BCUT2D eigenvalue weighted by atomic mass is 9.94. The van der Waals surface area contributed by atoms with Crippen LogP contribution in [0.25, 0.3) is 0 Å². The van der Waals surface area contributed by atoms with Gasteiger partial charge in [-0.15, -0.1) is 0 Å². The second kappa shape index (κ2) is 3.72. The van der Waals surface area contributed by atoms with Gasteiger partial charge in [0.2, 0.25) is 5.91 Å². The number of aliphatic hydroxyl groups is 1. The smallest absolute Gasteiger partial charge is 0.220 e. The average molecular weight is 157 g/mol. The van der Waals surface area contributed by atoms with E-state index in [2.05, 4.69) is 5.32 Å². The van der Waals surface area contributed by atoms with E-state index in [4.69, 9.17) is 5.11 Å². The Bertz CT molecular complexity index is 147. The molecule has 0 aromatic carbocycles. The Morgan fingerprint density at radius 3 is 3.09 bits per heavy atom. The molecule has 1 aliphatic rings. The zero-order chi connectivity index (χ0) is 8.27. The van der Waals surface area contributed by atoms with Crippen LogP contribution in [0.4, 0.5) is 0 Å². The molecule has 0 aromatic heterocycles. The lowest BCUT2D eigenvalue weighted by molar-refractivity contribution is -0.123. The molecule has 0 aliphatic carbocycles. The lowest BCUT2D eigenvalue weighted by Gasteiger charge is -2.27. The van der Waals surface area contributed by atoms with Gasteiger partial charge in [-0.25, -0.2) is 0 Å². The highest BCUT2D eigenvalue weighted by molar-refractivity contribution is 5.76. The van der Waals surface area contributed by atoms with Crippen LogP contribution >= 0.6 is 0 Å². The molecule has 1 amide bonds. The molecular formula is C8H15NO2. The van der Waals surface area contributed by atoms with E-state index in [1.54, 1.807) is 0 Å². The van der Waals surface area contributed by atoms with Crippen LogP contribution in [0.2, 0.25) is 0 Å². The number of rotatable bonds is 2. The normalized spacial score (nSPS) is 27.8. The summed E-state index contributed by atoms with van der Waals surface area (Å²) in [5.41, 5.74) is 0. The van der Waals surface area contributed by atoms with Crippen LogP contribution in [0.15, 0.2) is 0 Å². The Hall–Kier alpha value is -0.570. The van der Waals surface area contributed by atoms with E-state index in [0.29, 0.717) is 6.42 Å². The molecule has 64 valence electrons. The SMILES string of the molecule is CC(CO)C1CCCC(=O)N1. The molecule has 1 fully saturated rings. The average Bonchev–Trinajstić information content (AvgIpc) is 2.03. The molecule has 11 heavy (non-hydrogen) atoms. The third-order valence-electron chi connectivity index (χ3n) is 2.24. The Morgan fingerprint density at radius 1 is 1.82 bits per heavy atom. The maximum absolute atomic E-state index is 10.9. The van der Waals surface area contributed by atoms with Crippen molar-refractivity contribution in [3.05, 3.63) is 0 Å². The highest BCUT2D eigenvalue weighted by atomic mass is 16.3. The summed E-state index contributed by atoms with van der Waals surface area (Å²) in [4.78, 5) is 10.9. The Kier molecular flexibility index (Phi) is 2.88. The maximum atomic E-state index is 10.9. The van der Waals surface area contributed by atoms with Crippen molar-refractivity contribution in [2.45, 2.75) is 32.2 Å². The van der Waals surface area contributed by atoms with E-state index >= 15 is 0 Å². The summed E-state index contributed by atoms with van der Waals surface area (Å²) < 4.78 is 0. The number of hydrogen-bond acceptors (Lipinski definition) is 2. The molecular weight excluding hydrogens is 142 g/mol. The van der Waals surface area contributed by atoms with Crippen LogP contribution in [0.3, 0.4) is 0 Å². The van der Waals surface area contributed by atoms with E-state index in [-0.39, 0.29) is 24.5 Å². The third-order valence-corrected chi connectivity index (χ3v) is 2.24. The van der Waals surface area contributed by atoms with Crippen molar-refractivity contribution in [1.82, 2.24) is 5.32 Å². The molecule has 1 aliphatic heterocycles. The van der Waals surface area contributed by atoms with Crippen LogP contribution in [-0.4, -0.2) is 23.7 Å². The topological polar surface area (TPSA) is 49.3 Å². The van der Waals surface area contributed by atoms with E-state index in [0.717, 1.165) is 12.8 Å². The van der Waals surface area contributed by atoms with Gasteiger partial charge < -0.3 is 10.4 Å². The molecule has 0 radical (unpaired) electrons. The molecule has 2 unspecified atom stereocenters. The van der Waals surface area contributed by atoms with Gasteiger partial charge in [-0.05, 0) is 18.8 Å². The predicted molar refractivity (Wildman–Crippen MR) is 42.0 cm³/mol. The number of aliphatic hydroxyl groups excluding tert-OH is 1. The van der Waals surface area contributed by atoms with Crippen molar-refractivity contribution in [2.75, 3.05) is 6.61 Å². The first-order valence-electron chi connectivity index (χ1n) is 4.14. The summed E-state index contributed by atoms with van der Waals surface area (Å²) in [6.07, 6.45) is 2.61. The fraction of sp³-hybridized carbons (Fsp3) is 0.875. The minimum Gasteiger partial charge on any atom is -0.396 e. The highest BCUT2D eigenvalue weighted by Crippen LogP contribution is 2.14. The largest absolute Gasteiger partial charge is 0.396 e. The minimum atomic E-state index is 0.126. The van der Waals surface area contributed by atoms with Crippen LogP contribution in [0.1, 0.15) is 26.2 Å². The van der Waals surface area contributed by atoms with E-state index in [9.17, 15) is 4.79 Å². The maximum Gasteiger partial charge on any atom is 0.220 e. The fourth-order valence-electron chi connectivity index (χ4n) is 1.39. The number of piperidine rings is 1. The molecule has 0 bridgehead atoms. The molecule has 0 saturated carbocycles. The van der Waals surface area contributed by atoms with Gasteiger partial charge in [0.25, 0.3) is 0 Å². The van der Waals surface area contributed by atoms with Crippen molar-refractivity contribution in [3.8, 4) is 0 Å². The predicted octanol–water partition coefficient (Wildman–Crippen LogP) is 0.283. The van der Waals surface area contributed by atoms with Gasteiger partial charge in [0.15, 0.2) is 0 Å². The second-order valence-electron chi connectivity index (χ2n) is 3.23. The molecule has 2 atom stereocenters. The summed E-state index contributed by atoms with van der Waals surface area (Å²) in [5.74, 6) is 0.320. The fourth-order valence-corrected chi connectivity index (χ4v) is 1.39. The van der Waals surface area contributed by atoms with Gasteiger partial charge in [-0.1, -0.05) is 6.92 Å². The summed E-state index contributed by atoms with van der Waals surface area (Å²) in [6, 6.07) is 0.196. The lowest BCUT2D eigenvalue weighted by Crippen LogP contribution is -2.43. The van der Waals surface area contributed by atoms with Gasteiger partial charge in [-0.2, -0.15) is 0 Å². The monoisotopic (exact) mass is 157 g/mol. The van der Waals surface area contributed by atoms with Gasteiger partial charge >= 0.3 is 0 Å². The molecule has 1 heterocycles. The quantitative estimate of drug-likeness (QED) is 0.605. The van der Waals surface area contributed by atoms with Crippen LogP contribution < -0.4 is 5.32 Å². The van der Waals surface area contributed by atoms with Crippen LogP contribution in [0, 0.1) is 5.92 Å². The van der Waals surface area contributed by atoms with Crippen LogP contribution in [0.5, 0.6) is 0 Å². The first-order valence-corrected chi connectivity index (χ1v) is 4.14. The Labute approximate surface area is 66.8 Å². The van der Waals surface area contributed by atoms with Crippen molar-refractivity contribution >= 4 is 5.91 Å². The zero-order valence-corrected chi connectivity index (χ0v) is 6.84. The van der Waals surface area contributed by atoms with E-state index in [1.807, 2.05) is 6.92 Å². The molecule has 2 N–H and O–H groups in total. The zero-order valence-electron chi connectivity index (χ0n) is 6.84. The molecule has 1 rings (SSSR count). The molecule has 3 nitrogen and oxygen atoms in total. The standard InChI is InChI=1S/C8H15NO2/c1-6(5-10)7-3-2-4-8(11)9-7/h6-7,10H,2-5H2,1H3,(H,9,11). The molecule has 0 spiro atoms. The van der Waals surface area contributed by atoms with E-state index in [1.165, 1.54) is 0 Å². The number of carbonyl (C=O) groups is 1. The van der Waals surface area contributed by atoms with Crippen molar-refractivity contribution in [2.24, 2.45) is 5.92 Å². The third kappa shape index (κ3) is 2.19. The number of carbonyl (C=O) groups excluding carboxylic acids is 1. The number of nitrogens with one attached hydrogen (secondary N) is 1. The van der Waals surface area contributed by atoms with Crippen molar-refractivity contribution in [1.29, 1.82) is 0 Å². The van der Waals surface area contributed by atoms with Gasteiger partial charge in [-0.3, -0.25) is 4.79 Å². The summed E-state index contributed by atoms with van der Waals surface area (Å²) in [7, 11) is 0. The molecule has 0 aromatic rings. The van der Waals surface area contributed by atoms with Gasteiger partial charge in [0.1, 0.15) is 0 Å². The molecule has 1 saturated heterocycles. The Balaban J connectivity index is 2.39. The van der Waals surface area contributed by atoms with Crippen LogP contribution in [-0.2, 0) is 4.79 Å². The minimum absolute atomic E-state index is 0.126. The number of hydrogen-bond donors (Lipinski definition) is 2. The second-order valence-corrected chi connectivity index (χ2v) is 3.23. The summed E-state index contributed by atoms with van der Waals surface area (Å²) in [5, 5.41) is 11.7. The van der Waals surface area contributed by atoms with Crippen molar-refractivity contribution < 1.29 is 9.90 Å². The Morgan fingerprint density at radius 2 is 2.55 bits per heavy atom. The number of amides is 1. The van der Waals surface area contributed by atoms with Gasteiger partial charge in [0.05, 0.1) is 0 Å². The van der Waals surface area contributed by atoms with Gasteiger partial charge in [0, 0.05) is 19.1 Å². The summed E-state index contributed by atoms with van der Waals surface area (Å²) >= 11 is 0. The first-order chi connectivity index (χ1) is 5.24. The molecule has 3 heteroatoms. The first kappa shape index (κ1) is 8.53. The highest BCUT2D eigenvalue weighted by Gasteiger charge is 2.22. The summed E-state index contributed by atoms with van der Waals surface area (Å²) in [6.45, 7) is 2.11.